The molecule has 4 N–H and O–H groups in total. The maximum Gasteiger partial charge on any atom is 0.255 e. The Morgan fingerprint density at radius 1 is 1.50 bits per heavy atom. The van der Waals surface area contributed by atoms with Gasteiger partial charge < -0.3 is 25.8 Å². The number of nitrogen functional groups attached to an aromatic ring is 1. The molecule has 1 fully saturated rings. The molecule has 1 aromatic carbocycles. The van der Waals surface area contributed by atoms with Crippen molar-refractivity contribution in [2.75, 3.05) is 38.6 Å². The van der Waals surface area contributed by atoms with Gasteiger partial charge in [0.05, 0.1) is 35.6 Å². The Bertz CT molecular complexity index is 548. The lowest BCUT2D eigenvalue weighted by molar-refractivity contribution is 0.0287. The van der Waals surface area contributed by atoms with Crippen LogP contribution in [0.1, 0.15) is 36.5 Å². The number of hydrogen-bond acceptors (Lipinski definition) is 5. The van der Waals surface area contributed by atoms with Crippen molar-refractivity contribution in [1.82, 2.24) is 10.6 Å². The number of nitrogens with one attached hydrogen (secondary N) is 2. The highest BCUT2D eigenvalue weighted by Gasteiger charge is 2.18. The van der Waals surface area contributed by atoms with E-state index in [0.29, 0.717) is 41.8 Å². The zero-order chi connectivity index (χ0) is 17.4. The second kappa shape index (κ2) is 9.71. The minimum atomic E-state index is -0.239. The van der Waals surface area contributed by atoms with Crippen molar-refractivity contribution in [3.8, 4) is 5.75 Å². The normalized spacial score (nSPS) is 17.5. The molecule has 0 radical (unpaired) electrons. The Hall–Kier alpha value is -1.50. The predicted molar refractivity (Wildman–Crippen MR) is 95.8 cm³/mol. The van der Waals surface area contributed by atoms with Crippen molar-refractivity contribution in [2.45, 2.75) is 32.3 Å². The topological polar surface area (TPSA) is 85.6 Å². The van der Waals surface area contributed by atoms with Gasteiger partial charge in [0.1, 0.15) is 5.75 Å². The lowest BCUT2D eigenvalue weighted by Gasteiger charge is -2.24. The van der Waals surface area contributed by atoms with E-state index in [4.69, 9.17) is 26.8 Å². The van der Waals surface area contributed by atoms with E-state index in [1.54, 1.807) is 12.1 Å². The van der Waals surface area contributed by atoms with E-state index in [-0.39, 0.29) is 12.0 Å². The highest BCUT2D eigenvalue weighted by molar-refractivity contribution is 6.33. The van der Waals surface area contributed by atoms with Crippen LogP contribution >= 0.6 is 11.6 Å². The molecule has 1 aliphatic heterocycles. The van der Waals surface area contributed by atoms with Gasteiger partial charge in [-0.05, 0) is 12.5 Å². The molecule has 7 heteroatoms. The SMILES string of the molecule is CCCCCOc1cc(N)c(Cl)cc1C(=O)NCC1CNCCO1. The summed E-state index contributed by atoms with van der Waals surface area (Å²) in [5.41, 5.74) is 6.64. The largest absolute Gasteiger partial charge is 0.493 e. The van der Waals surface area contributed by atoms with Crippen molar-refractivity contribution in [3.63, 3.8) is 0 Å². The Morgan fingerprint density at radius 2 is 2.33 bits per heavy atom. The van der Waals surface area contributed by atoms with Crippen molar-refractivity contribution in [1.29, 1.82) is 0 Å². The first-order valence-corrected chi connectivity index (χ1v) is 8.82. The van der Waals surface area contributed by atoms with Gasteiger partial charge in [0, 0.05) is 25.7 Å². The molecular weight excluding hydrogens is 330 g/mol. The molecule has 1 atom stereocenters. The number of benzene rings is 1. The summed E-state index contributed by atoms with van der Waals surface area (Å²) in [6, 6.07) is 3.17. The van der Waals surface area contributed by atoms with Crippen LogP contribution in [-0.4, -0.2) is 44.9 Å². The average molecular weight is 356 g/mol. The predicted octanol–water partition coefficient (Wildman–Crippen LogP) is 2.21. The van der Waals surface area contributed by atoms with Crippen LogP contribution in [0.25, 0.3) is 0 Å². The van der Waals surface area contributed by atoms with Gasteiger partial charge in [-0.1, -0.05) is 31.4 Å². The Morgan fingerprint density at radius 3 is 3.04 bits per heavy atom. The number of unbranched alkanes of at least 4 members (excludes halogenated alkanes) is 2. The summed E-state index contributed by atoms with van der Waals surface area (Å²) >= 11 is 6.07. The molecule has 1 saturated heterocycles. The molecule has 0 aromatic heterocycles. The summed E-state index contributed by atoms with van der Waals surface area (Å²) in [5, 5.41) is 6.45. The van der Waals surface area contributed by atoms with Gasteiger partial charge in [0.2, 0.25) is 0 Å². The molecule has 1 heterocycles. The fraction of sp³-hybridized carbons (Fsp3) is 0.588. The maximum absolute atomic E-state index is 12.5. The number of ether oxygens (including phenoxy) is 2. The summed E-state index contributed by atoms with van der Waals surface area (Å²) < 4.78 is 11.3. The van der Waals surface area contributed by atoms with Crippen molar-refractivity contribution in [3.05, 3.63) is 22.7 Å². The first kappa shape index (κ1) is 18.8. The molecule has 0 spiro atoms. The molecule has 134 valence electrons. The van der Waals surface area contributed by atoms with E-state index >= 15 is 0 Å². The average Bonchev–Trinajstić information content (AvgIpc) is 2.60. The number of carbonyl (C=O) groups excluding carboxylic acids is 1. The summed E-state index contributed by atoms with van der Waals surface area (Å²) in [7, 11) is 0. The summed E-state index contributed by atoms with van der Waals surface area (Å²) in [6.07, 6.45) is 3.09. The highest BCUT2D eigenvalue weighted by atomic mass is 35.5. The number of rotatable bonds is 8. The van der Waals surface area contributed by atoms with Gasteiger partial charge in [-0.2, -0.15) is 0 Å². The molecule has 1 aromatic rings. The van der Waals surface area contributed by atoms with E-state index in [2.05, 4.69) is 17.6 Å². The molecule has 6 nitrogen and oxygen atoms in total. The van der Waals surface area contributed by atoms with Crippen LogP contribution in [0.4, 0.5) is 5.69 Å². The number of nitrogens with two attached hydrogens (primary N) is 1. The van der Waals surface area contributed by atoms with Gasteiger partial charge >= 0.3 is 0 Å². The maximum atomic E-state index is 12.5. The Balaban J connectivity index is 1.99. The summed E-state index contributed by atoms with van der Waals surface area (Å²) in [4.78, 5) is 12.5. The molecule has 1 amide bonds. The lowest BCUT2D eigenvalue weighted by atomic mass is 10.1. The van der Waals surface area contributed by atoms with E-state index < -0.39 is 0 Å². The van der Waals surface area contributed by atoms with Crippen LogP contribution < -0.4 is 21.1 Å². The zero-order valence-electron chi connectivity index (χ0n) is 14.1. The molecule has 0 aliphatic carbocycles. The quantitative estimate of drug-likeness (QED) is 0.491. The van der Waals surface area contributed by atoms with Crippen LogP contribution in [0.2, 0.25) is 5.02 Å². The Kier molecular flexibility index (Phi) is 7.62. The van der Waals surface area contributed by atoms with E-state index in [0.717, 1.165) is 32.4 Å². The number of halogens is 1. The fourth-order valence-corrected chi connectivity index (χ4v) is 2.62. The summed E-state index contributed by atoms with van der Waals surface area (Å²) in [5.74, 6) is 0.227. The third-order valence-corrected chi connectivity index (χ3v) is 4.17. The van der Waals surface area contributed by atoms with E-state index in [1.807, 2.05) is 0 Å². The standard InChI is InChI=1S/C17H26ClN3O3/c1-2-3-4-6-24-16-9-15(19)14(18)8-13(16)17(22)21-11-12-10-20-5-7-23-12/h8-9,12,20H,2-7,10-11,19H2,1H3,(H,21,22). The number of amides is 1. The third kappa shape index (κ3) is 5.54. The Labute approximate surface area is 148 Å². The second-order valence-electron chi connectivity index (χ2n) is 5.83. The molecule has 1 unspecified atom stereocenters. The van der Waals surface area contributed by atoms with Gasteiger partial charge in [-0.3, -0.25) is 4.79 Å². The zero-order valence-corrected chi connectivity index (χ0v) is 14.8. The van der Waals surface area contributed by atoms with E-state index in [1.165, 1.54) is 0 Å². The molecular formula is C17H26ClN3O3. The van der Waals surface area contributed by atoms with Gasteiger partial charge in [0.15, 0.2) is 0 Å². The smallest absolute Gasteiger partial charge is 0.255 e. The van der Waals surface area contributed by atoms with Crippen LogP contribution in [-0.2, 0) is 4.74 Å². The van der Waals surface area contributed by atoms with E-state index in [9.17, 15) is 4.79 Å². The fourth-order valence-electron chi connectivity index (χ4n) is 2.45. The van der Waals surface area contributed by atoms with Crippen LogP contribution in [0, 0.1) is 0 Å². The van der Waals surface area contributed by atoms with Crippen LogP contribution in [0.15, 0.2) is 12.1 Å². The van der Waals surface area contributed by atoms with Crippen molar-refractivity contribution in [2.24, 2.45) is 0 Å². The third-order valence-electron chi connectivity index (χ3n) is 3.84. The minimum Gasteiger partial charge on any atom is -0.493 e. The second-order valence-corrected chi connectivity index (χ2v) is 6.24. The number of anilines is 1. The van der Waals surface area contributed by atoms with Crippen molar-refractivity contribution >= 4 is 23.2 Å². The first-order valence-electron chi connectivity index (χ1n) is 8.44. The molecule has 1 aliphatic rings. The minimum absolute atomic E-state index is 0.0270. The number of morpholine rings is 1. The molecule has 24 heavy (non-hydrogen) atoms. The molecule has 2 rings (SSSR count). The van der Waals surface area contributed by atoms with Gasteiger partial charge in [0.25, 0.3) is 5.91 Å². The van der Waals surface area contributed by atoms with Gasteiger partial charge in [-0.15, -0.1) is 0 Å². The number of hydrogen-bond donors (Lipinski definition) is 3. The number of carbonyl (C=O) groups is 1. The van der Waals surface area contributed by atoms with Crippen molar-refractivity contribution < 1.29 is 14.3 Å². The molecule has 0 saturated carbocycles. The van der Waals surface area contributed by atoms with Crippen LogP contribution in [0.5, 0.6) is 5.75 Å². The monoisotopic (exact) mass is 355 g/mol. The van der Waals surface area contributed by atoms with Crippen LogP contribution in [0.3, 0.4) is 0 Å². The first-order chi connectivity index (χ1) is 11.6. The lowest BCUT2D eigenvalue weighted by Crippen LogP contribution is -2.45. The van der Waals surface area contributed by atoms with Gasteiger partial charge in [-0.25, -0.2) is 0 Å². The summed E-state index contributed by atoms with van der Waals surface area (Å²) in [6.45, 7) is 5.33. The molecule has 0 bridgehead atoms. The highest BCUT2D eigenvalue weighted by Crippen LogP contribution is 2.29.